The Morgan fingerprint density at radius 3 is 2.52 bits per heavy atom. The molecule has 4 aromatic rings. The molecule has 7 N–H and O–H groups in total. The normalized spacial score (nSPS) is 11.8. The minimum atomic E-state index is -0.191. The predicted octanol–water partition coefficient (Wildman–Crippen LogP) is -0.0257. The van der Waals surface area contributed by atoms with E-state index in [1.807, 2.05) is 4.68 Å². The number of aromatic amines is 1. The van der Waals surface area contributed by atoms with Crippen molar-refractivity contribution in [2.45, 2.75) is 6.54 Å². The number of aromatic hydroxyl groups is 1. The molecule has 0 fully saturated rings. The first-order valence-electron chi connectivity index (χ1n) is 10.3. The van der Waals surface area contributed by atoms with Crippen molar-refractivity contribution < 1.29 is 15.3 Å². The molecule has 166 valence electrons. The van der Waals surface area contributed by atoms with Gasteiger partial charge >= 0.3 is 184 Å². The number of phenolic OH excluding ortho intramolecular Hbond substituents is 1. The van der Waals surface area contributed by atoms with E-state index in [0.717, 1.165) is 37.2 Å². The number of phenols is 1. The van der Waals surface area contributed by atoms with E-state index in [9.17, 15) is 9.90 Å². The molecule has 0 aliphatic heterocycles. The van der Waals surface area contributed by atoms with Crippen LogP contribution < -0.4 is 21.4 Å². The van der Waals surface area contributed by atoms with Gasteiger partial charge in [0, 0.05) is 0 Å². The summed E-state index contributed by atoms with van der Waals surface area (Å²) in [6.07, 6.45) is 0. The van der Waals surface area contributed by atoms with Gasteiger partial charge in [-0.2, -0.15) is 0 Å². The Morgan fingerprint density at radius 1 is 0.968 bits per heavy atom. The molecule has 31 heavy (non-hydrogen) atoms. The molecule has 0 aliphatic carbocycles. The third-order valence-electron chi connectivity index (χ3n) is 5.15. The Hall–Kier alpha value is -2.33. The first-order valence-corrected chi connectivity index (χ1v) is 12.0. The van der Waals surface area contributed by atoms with Crippen LogP contribution in [0, 0.1) is 0 Å². The molecule has 0 atom stereocenters. The quantitative estimate of drug-likeness (QED) is 0.0889. The Morgan fingerprint density at radius 2 is 1.74 bits per heavy atom. The third kappa shape index (κ3) is 4.50. The summed E-state index contributed by atoms with van der Waals surface area (Å²) in [5.41, 5.74) is 2.70. The summed E-state index contributed by atoms with van der Waals surface area (Å²) in [7, 11) is 0. The predicted molar refractivity (Wildman–Crippen MR) is 125 cm³/mol. The topological polar surface area (TPSA) is 135 Å². The Bertz CT molecular complexity index is 1250. The number of nitrogens with one attached hydrogen (secondary N) is 4. The van der Waals surface area contributed by atoms with E-state index < -0.39 is 0 Å². The van der Waals surface area contributed by atoms with Crippen molar-refractivity contribution >= 4 is 50.5 Å². The summed E-state index contributed by atoms with van der Waals surface area (Å²) >= 11 is -0.143. The third-order valence-corrected chi connectivity index (χ3v) is 7.60. The summed E-state index contributed by atoms with van der Waals surface area (Å²) < 4.78 is 4.06. The van der Waals surface area contributed by atoms with Crippen LogP contribution in [0.25, 0.3) is 30.3 Å². The zero-order chi connectivity index (χ0) is 21.8. The van der Waals surface area contributed by atoms with Gasteiger partial charge in [0.25, 0.3) is 0 Å². The molecule has 0 aliphatic rings. The Labute approximate surface area is 184 Å². The van der Waals surface area contributed by atoms with Gasteiger partial charge in [-0.15, -0.1) is 0 Å². The summed E-state index contributed by atoms with van der Waals surface area (Å²) in [4.78, 5) is 12.0. The van der Waals surface area contributed by atoms with Crippen LogP contribution in [-0.4, -0.2) is 85.5 Å². The molecule has 0 spiro atoms. The summed E-state index contributed by atoms with van der Waals surface area (Å²) in [5.74, 6) is 0.00953. The fraction of sp³-hybridized carbons (Fsp3) is 0.381. The van der Waals surface area contributed by atoms with Gasteiger partial charge in [0.1, 0.15) is 0 Å². The zero-order valence-corrected chi connectivity index (χ0v) is 18.8. The van der Waals surface area contributed by atoms with E-state index in [1.165, 1.54) is 6.07 Å². The molecular formula is C21H27N5O4Se. The molecule has 2 aromatic carbocycles. The van der Waals surface area contributed by atoms with Gasteiger partial charge in [-0.1, -0.05) is 0 Å². The van der Waals surface area contributed by atoms with Crippen LogP contribution in [0.2, 0.25) is 0 Å². The molecule has 0 saturated heterocycles. The number of fused-ring (bicyclic) bond motifs is 2. The molecule has 0 amide bonds. The van der Waals surface area contributed by atoms with Gasteiger partial charge < -0.3 is 0 Å². The van der Waals surface area contributed by atoms with Crippen LogP contribution >= 0.6 is 0 Å². The van der Waals surface area contributed by atoms with Crippen LogP contribution in [0.15, 0.2) is 29.1 Å². The standard InChI is InChI=1S/C21H27N5O4Se/c27-9-6-22-3-4-24-14-1-2-15-18-20(25-26(15)8-5-23-7-10-28)19-16(30)11-13(29)12-17(19)31-21(14)18/h1-2,11-12,22-25,27-28,30H,3-10H2. The summed E-state index contributed by atoms with van der Waals surface area (Å²) in [6, 6.07) is 7.02. The summed E-state index contributed by atoms with van der Waals surface area (Å²) in [6.45, 7) is 4.10. The number of rotatable bonds is 11. The number of H-pyrrole nitrogens is 1. The molecule has 0 saturated carbocycles. The van der Waals surface area contributed by atoms with Crippen LogP contribution in [0.5, 0.6) is 5.75 Å². The molecule has 0 bridgehead atoms. The monoisotopic (exact) mass is 493 g/mol. The molecule has 2 aromatic heterocycles. The average molecular weight is 492 g/mol. The van der Waals surface area contributed by atoms with Gasteiger partial charge in [0.2, 0.25) is 0 Å². The van der Waals surface area contributed by atoms with E-state index in [-0.39, 0.29) is 38.9 Å². The maximum atomic E-state index is 12.0. The fourth-order valence-electron chi connectivity index (χ4n) is 3.79. The van der Waals surface area contributed by atoms with Gasteiger partial charge in [-0.25, -0.2) is 0 Å². The molecule has 0 radical (unpaired) electrons. The van der Waals surface area contributed by atoms with Gasteiger partial charge in [0.15, 0.2) is 0 Å². The number of hydrogen-bond donors (Lipinski definition) is 7. The molecule has 2 heterocycles. The van der Waals surface area contributed by atoms with E-state index in [2.05, 4.69) is 33.2 Å². The number of benzene rings is 2. The van der Waals surface area contributed by atoms with Crippen molar-refractivity contribution in [1.29, 1.82) is 0 Å². The zero-order valence-electron chi connectivity index (χ0n) is 17.1. The van der Waals surface area contributed by atoms with E-state index in [0.29, 0.717) is 38.1 Å². The van der Waals surface area contributed by atoms with Crippen LogP contribution in [0.3, 0.4) is 0 Å². The number of aromatic nitrogens is 2. The van der Waals surface area contributed by atoms with Crippen molar-refractivity contribution in [3.8, 4) is 5.75 Å². The SMILES string of the molecule is O=c1cc(O)c2c(c1)[se]c1c(NCCNCCO)ccc3c1c2[nH]n3CCNCCO. The second-order valence-electron chi connectivity index (χ2n) is 7.27. The van der Waals surface area contributed by atoms with Crippen molar-refractivity contribution in [2.24, 2.45) is 0 Å². The first-order chi connectivity index (χ1) is 15.1. The second kappa shape index (κ2) is 9.86. The number of anilines is 1. The van der Waals surface area contributed by atoms with Crippen molar-refractivity contribution in [3.63, 3.8) is 0 Å². The number of hydrogen-bond acceptors (Lipinski definition) is 7. The van der Waals surface area contributed by atoms with E-state index in [4.69, 9.17) is 10.2 Å². The van der Waals surface area contributed by atoms with Crippen LogP contribution in [0.1, 0.15) is 0 Å². The number of aliphatic hydroxyl groups excluding tert-OH is 2. The van der Waals surface area contributed by atoms with Crippen molar-refractivity contribution in [3.05, 3.63) is 34.5 Å². The number of nitrogens with zero attached hydrogens (tertiary/aromatic N) is 1. The molecule has 4 rings (SSSR count). The number of aliphatic hydroxyl groups is 2. The van der Waals surface area contributed by atoms with Crippen molar-refractivity contribution in [2.75, 3.05) is 51.3 Å². The van der Waals surface area contributed by atoms with Gasteiger partial charge in [0.05, 0.1) is 0 Å². The van der Waals surface area contributed by atoms with Crippen LogP contribution in [-0.2, 0) is 6.54 Å². The van der Waals surface area contributed by atoms with E-state index in [1.54, 1.807) is 6.07 Å². The molecule has 9 nitrogen and oxygen atoms in total. The first kappa shape index (κ1) is 21.9. The summed E-state index contributed by atoms with van der Waals surface area (Å²) in [5, 5.41) is 43.5. The van der Waals surface area contributed by atoms with Gasteiger partial charge in [-0.05, 0) is 0 Å². The second-order valence-corrected chi connectivity index (χ2v) is 9.47. The van der Waals surface area contributed by atoms with Crippen molar-refractivity contribution in [1.82, 2.24) is 20.4 Å². The van der Waals surface area contributed by atoms with E-state index >= 15 is 0 Å². The fourth-order valence-corrected chi connectivity index (χ4v) is 6.44. The van der Waals surface area contributed by atoms with Crippen LogP contribution in [0.4, 0.5) is 5.69 Å². The molecular weight excluding hydrogens is 465 g/mol. The maximum absolute atomic E-state index is 12.0. The van der Waals surface area contributed by atoms with Gasteiger partial charge in [-0.3, -0.25) is 0 Å². The Balaban J connectivity index is 1.81. The molecule has 0 unspecified atom stereocenters. The minimum absolute atomic E-state index is 0.00953. The average Bonchev–Trinajstić information content (AvgIpc) is 3.11. The Kier molecular flexibility index (Phi) is 6.96. The molecule has 10 heteroatoms.